The fraction of sp³-hybridized carbons (Fsp3) is 0.154. The lowest BCUT2D eigenvalue weighted by atomic mass is 10.3. The standard InChI is InChI=1S/C13H12N2OS/c1-15-11-6-5-9(16-2)8-10(11)14-13(15)12-4-3-7-17-12/h3-8H,1-2H3. The van der Waals surface area contributed by atoms with Crippen LogP contribution in [0.4, 0.5) is 0 Å². The Morgan fingerprint density at radius 3 is 2.88 bits per heavy atom. The van der Waals surface area contributed by atoms with E-state index in [0.29, 0.717) is 0 Å². The first-order valence-corrected chi connectivity index (χ1v) is 6.22. The molecule has 3 nitrogen and oxygen atoms in total. The zero-order valence-electron chi connectivity index (χ0n) is 9.68. The third-order valence-electron chi connectivity index (χ3n) is 2.83. The van der Waals surface area contributed by atoms with E-state index in [0.717, 1.165) is 22.6 Å². The van der Waals surface area contributed by atoms with E-state index < -0.39 is 0 Å². The second-order valence-electron chi connectivity index (χ2n) is 3.83. The zero-order chi connectivity index (χ0) is 11.8. The van der Waals surface area contributed by atoms with Gasteiger partial charge in [-0.1, -0.05) is 6.07 Å². The minimum absolute atomic E-state index is 0.841. The number of fused-ring (bicyclic) bond motifs is 1. The first-order chi connectivity index (χ1) is 8.29. The second kappa shape index (κ2) is 3.89. The van der Waals surface area contributed by atoms with E-state index in [2.05, 4.69) is 21.0 Å². The van der Waals surface area contributed by atoms with Gasteiger partial charge in [0.25, 0.3) is 0 Å². The third kappa shape index (κ3) is 1.61. The van der Waals surface area contributed by atoms with Crippen molar-refractivity contribution < 1.29 is 4.74 Å². The van der Waals surface area contributed by atoms with Crippen molar-refractivity contribution in [2.24, 2.45) is 7.05 Å². The van der Waals surface area contributed by atoms with Crippen LogP contribution in [-0.2, 0) is 7.05 Å². The summed E-state index contributed by atoms with van der Waals surface area (Å²) in [6.07, 6.45) is 0. The number of ether oxygens (including phenoxy) is 1. The van der Waals surface area contributed by atoms with Crippen molar-refractivity contribution in [3.8, 4) is 16.5 Å². The fourth-order valence-corrected chi connectivity index (χ4v) is 2.68. The SMILES string of the molecule is COc1ccc2c(c1)nc(-c1cccs1)n2C. The second-order valence-corrected chi connectivity index (χ2v) is 4.77. The van der Waals surface area contributed by atoms with Gasteiger partial charge in [-0.15, -0.1) is 11.3 Å². The summed E-state index contributed by atoms with van der Waals surface area (Å²) in [6.45, 7) is 0. The maximum Gasteiger partial charge on any atom is 0.150 e. The number of hydrogen-bond acceptors (Lipinski definition) is 3. The quantitative estimate of drug-likeness (QED) is 0.691. The predicted octanol–water partition coefficient (Wildman–Crippen LogP) is 3.31. The summed E-state index contributed by atoms with van der Waals surface area (Å²) in [5, 5.41) is 2.06. The van der Waals surface area contributed by atoms with Crippen LogP contribution in [0.1, 0.15) is 0 Å². The van der Waals surface area contributed by atoms with Gasteiger partial charge in [0.2, 0.25) is 0 Å². The molecule has 0 N–H and O–H groups in total. The molecule has 3 rings (SSSR count). The van der Waals surface area contributed by atoms with Crippen LogP contribution in [0.15, 0.2) is 35.7 Å². The molecule has 3 aromatic rings. The lowest BCUT2D eigenvalue weighted by Crippen LogP contribution is -1.90. The molecule has 4 heteroatoms. The maximum atomic E-state index is 5.22. The Morgan fingerprint density at radius 2 is 2.18 bits per heavy atom. The average molecular weight is 244 g/mol. The molecule has 0 spiro atoms. The first-order valence-electron chi connectivity index (χ1n) is 5.34. The Kier molecular flexibility index (Phi) is 2.37. The number of thiophene rings is 1. The van der Waals surface area contributed by atoms with Crippen molar-refractivity contribution in [2.45, 2.75) is 0 Å². The summed E-state index contributed by atoms with van der Waals surface area (Å²) in [5.74, 6) is 1.84. The number of benzene rings is 1. The fourth-order valence-electron chi connectivity index (χ4n) is 1.93. The molecule has 86 valence electrons. The molecule has 0 aliphatic rings. The number of hydrogen-bond donors (Lipinski definition) is 0. The summed E-state index contributed by atoms with van der Waals surface area (Å²) >= 11 is 1.70. The average Bonchev–Trinajstić information content (AvgIpc) is 2.97. The predicted molar refractivity (Wildman–Crippen MR) is 70.6 cm³/mol. The summed E-state index contributed by atoms with van der Waals surface area (Å²) < 4.78 is 7.33. The third-order valence-corrected chi connectivity index (χ3v) is 3.70. The molecule has 0 unspecified atom stereocenters. The number of methoxy groups -OCH3 is 1. The number of imidazole rings is 1. The number of nitrogens with zero attached hydrogens (tertiary/aromatic N) is 2. The summed E-state index contributed by atoms with van der Waals surface area (Å²) in [5.41, 5.74) is 2.09. The van der Waals surface area contributed by atoms with E-state index in [1.165, 1.54) is 4.88 Å². The first kappa shape index (κ1) is 10.4. The highest BCUT2D eigenvalue weighted by molar-refractivity contribution is 7.13. The normalized spacial score (nSPS) is 10.9. The molecule has 2 heterocycles. The minimum Gasteiger partial charge on any atom is -0.497 e. The van der Waals surface area contributed by atoms with Gasteiger partial charge in [-0.2, -0.15) is 0 Å². The lowest BCUT2D eigenvalue weighted by molar-refractivity contribution is 0.415. The van der Waals surface area contributed by atoms with Crippen LogP contribution in [0.5, 0.6) is 5.75 Å². The van der Waals surface area contributed by atoms with Gasteiger partial charge in [0.05, 0.1) is 23.0 Å². The molecule has 0 amide bonds. The van der Waals surface area contributed by atoms with E-state index in [4.69, 9.17) is 4.74 Å². The monoisotopic (exact) mass is 244 g/mol. The van der Waals surface area contributed by atoms with Crippen LogP contribution >= 0.6 is 11.3 Å². The Morgan fingerprint density at radius 1 is 1.29 bits per heavy atom. The van der Waals surface area contributed by atoms with Crippen molar-refractivity contribution in [1.82, 2.24) is 9.55 Å². The summed E-state index contributed by atoms with van der Waals surface area (Å²) in [7, 11) is 3.71. The number of aryl methyl sites for hydroxylation is 1. The molecule has 1 aromatic carbocycles. The van der Waals surface area contributed by atoms with Gasteiger partial charge in [-0.25, -0.2) is 4.98 Å². The van der Waals surface area contributed by atoms with Crippen molar-refractivity contribution >= 4 is 22.4 Å². The van der Waals surface area contributed by atoms with Crippen LogP contribution in [0.2, 0.25) is 0 Å². The molecular formula is C13H12N2OS. The molecule has 2 aromatic heterocycles. The van der Waals surface area contributed by atoms with Crippen LogP contribution in [0.25, 0.3) is 21.7 Å². The van der Waals surface area contributed by atoms with Crippen molar-refractivity contribution in [3.05, 3.63) is 35.7 Å². The van der Waals surface area contributed by atoms with Gasteiger partial charge in [0.15, 0.2) is 5.82 Å². The van der Waals surface area contributed by atoms with Crippen LogP contribution < -0.4 is 4.74 Å². The Hall–Kier alpha value is -1.81. The maximum absolute atomic E-state index is 5.22. The molecule has 0 radical (unpaired) electrons. The van der Waals surface area contributed by atoms with Crippen molar-refractivity contribution in [3.63, 3.8) is 0 Å². The molecule has 0 saturated heterocycles. The zero-order valence-corrected chi connectivity index (χ0v) is 10.5. The molecular weight excluding hydrogens is 232 g/mol. The van der Waals surface area contributed by atoms with Gasteiger partial charge in [0.1, 0.15) is 5.75 Å². The van der Waals surface area contributed by atoms with Gasteiger partial charge < -0.3 is 9.30 Å². The number of aromatic nitrogens is 2. The minimum atomic E-state index is 0.841. The van der Waals surface area contributed by atoms with E-state index in [1.54, 1.807) is 18.4 Å². The molecule has 0 saturated carbocycles. The summed E-state index contributed by atoms with van der Waals surface area (Å²) in [6, 6.07) is 10.1. The molecule has 0 fully saturated rings. The topological polar surface area (TPSA) is 27.1 Å². The van der Waals surface area contributed by atoms with E-state index in [-0.39, 0.29) is 0 Å². The van der Waals surface area contributed by atoms with Crippen molar-refractivity contribution in [2.75, 3.05) is 7.11 Å². The smallest absolute Gasteiger partial charge is 0.150 e. The largest absolute Gasteiger partial charge is 0.497 e. The van der Waals surface area contributed by atoms with E-state index >= 15 is 0 Å². The van der Waals surface area contributed by atoms with Crippen LogP contribution in [0.3, 0.4) is 0 Å². The van der Waals surface area contributed by atoms with Crippen LogP contribution in [0, 0.1) is 0 Å². The van der Waals surface area contributed by atoms with E-state index in [9.17, 15) is 0 Å². The summed E-state index contributed by atoms with van der Waals surface area (Å²) in [4.78, 5) is 5.84. The van der Waals surface area contributed by atoms with Crippen molar-refractivity contribution in [1.29, 1.82) is 0 Å². The highest BCUT2D eigenvalue weighted by atomic mass is 32.1. The van der Waals surface area contributed by atoms with Gasteiger partial charge in [0, 0.05) is 13.1 Å². The highest BCUT2D eigenvalue weighted by Crippen LogP contribution is 2.28. The molecule has 0 aliphatic heterocycles. The van der Waals surface area contributed by atoms with E-state index in [1.807, 2.05) is 31.3 Å². The van der Waals surface area contributed by atoms with Gasteiger partial charge in [-0.3, -0.25) is 0 Å². The Bertz CT molecular complexity index is 655. The lowest BCUT2D eigenvalue weighted by Gasteiger charge is -2.00. The Balaban J connectivity index is 2.24. The molecule has 0 atom stereocenters. The highest BCUT2D eigenvalue weighted by Gasteiger charge is 2.10. The molecule has 17 heavy (non-hydrogen) atoms. The molecule has 0 aliphatic carbocycles. The van der Waals surface area contributed by atoms with Gasteiger partial charge >= 0.3 is 0 Å². The van der Waals surface area contributed by atoms with Crippen LogP contribution in [-0.4, -0.2) is 16.7 Å². The Labute approximate surface area is 103 Å². The van der Waals surface area contributed by atoms with Gasteiger partial charge in [-0.05, 0) is 23.6 Å². The molecule has 0 bridgehead atoms. The number of rotatable bonds is 2.